The first-order chi connectivity index (χ1) is 16.8. The summed E-state index contributed by atoms with van der Waals surface area (Å²) in [5.41, 5.74) is 0.857. The van der Waals surface area contributed by atoms with E-state index in [2.05, 4.69) is 15.2 Å². The van der Waals surface area contributed by atoms with Crippen molar-refractivity contribution >= 4 is 23.2 Å². The van der Waals surface area contributed by atoms with Crippen LogP contribution in [0.15, 0.2) is 62.2 Å². The van der Waals surface area contributed by atoms with Crippen LogP contribution >= 0.6 is 11.6 Å². The van der Waals surface area contributed by atoms with Gasteiger partial charge in [0.2, 0.25) is 5.62 Å². The van der Waals surface area contributed by atoms with Gasteiger partial charge in [0.1, 0.15) is 5.75 Å². The number of ether oxygens (including phenoxy) is 1. The molecule has 3 aromatic rings. The number of hydrogen-bond donors (Lipinski definition) is 1. The maximum Gasteiger partial charge on any atom is 0.335 e. The highest BCUT2D eigenvalue weighted by atomic mass is 35.5. The molecule has 2 aromatic carbocycles. The summed E-state index contributed by atoms with van der Waals surface area (Å²) in [5.74, 6) is -0.394. The van der Waals surface area contributed by atoms with Crippen LogP contribution in [-0.2, 0) is 17.9 Å². The van der Waals surface area contributed by atoms with E-state index >= 15 is 0 Å². The zero-order valence-electron chi connectivity index (χ0n) is 19.1. The number of aromatic nitrogens is 3. The van der Waals surface area contributed by atoms with Crippen molar-refractivity contribution in [1.29, 1.82) is 0 Å². The summed E-state index contributed by atoms with van der Waals surface area (Å²) in [6, 6.07) is 12.5. The lowest BCUT2D eigenvalue weighted by molar-refractivity contribution is -0.118. The summed E-state index contributed by atoms with van der Waals surface area (Å²) in [4.78, 5) is 54.7. The Balaban J connectivity index is 1.76. The third kappa shape index (κ3) is 5.83. The molecule has 1 aliphatic carbocycles. The lowest BCUT2D eigenvalue weighted by atomic mass is 9.96. The maximum atomic E-state index is 13.2. The number of aryl methyl sites for hydroxylation is 1. The normalized spacial score (nSPS) is 13.9. The highest BCUT2D eigenvalue weighted by molar-refractivity contribution is 6.32. The number of nitroso groups, excluding NO2 is 1. The van der Waals surface area contributed by atoms with Crippen molar-refractivity contribution in [3.63, 3.8) is 0 Å². The van der Waals surface area contributed by atoms with E-state index in [0.717, 1.165) is 35.0 Å². The molecule has 0 saturated heterocycles. The molecule has 1 fully saturated rings. The second-order valence-corrected chi connectivity index (χ2v) is 8.80. The van der Waals surface area contributed by atoms with Crippen molar-refractivity contribution in [3.8, 4) is 5.75 Å². The molecule has 0 radical (unpaired) electrons. The number of rotatable bonds is 8. The summed E-state index contributed by atoms with van der Waals surface area (Å²) in [7, 11) is 0. The van der Waals surface area contributed by atoms with Crippen molar-refractivity contribution in [2.45, 2.75) is 51.8 Å². The Bertz CT molecular complexity index is 1430. The van der Waals surface area contributed by atoms with Crippen LogP contribution in [0.1, 0.15) is 36.8 Å². The molecular weight excluding hydrogens is 474 g/mol. The first kappa shape index (κ1) is 24.3. The fourth-order valence-electron chi connectivity index (χ4n) is 3.56. The summed E-state index contributed by atoms with van der Waals surface area (Å²) in [6.07, 6.45) is 2.92. The standard InChI is InChI=1S/C24H24ClN5O5/c1-15-5-7-16(8-6-15)14-30-22(27-23(32)29(24(30)33)12-11-21(31)28-34)26-17-9-10-20(19(25)13-17)35-18-3-2-4-18/h5-10,13,18H,2-4,11-12,14H2,1H3,(H,26,27,32). The zero-order chi connectivity index (χ0) is 24.9. The van der Waals surface area contributed by atoms with Gasteiger partial charge in [0.25, 0.3) is 5.91 Å². The summed E-state index contributed by atoms with van der Waals surface area (Å²) in [5, 5.41) is 2.69. The molecule has 0 spiro atoms. The molecule has 1 saturated carbocycles. The minimum Gasteiger partial charge on any atom is -0.489 e. The van der Waals surface area contributed by atoms with Gasteiger partial charge in [0, 0.05) is 11.7 Å². The molecule has 0 unspecified atom stereocenters. The molecule has 1 N–H and O–H groups in total. The first-order valence-corrected chi connectivity index (χ1v) is 11.6. The van der Waals surface area contributed by atoms with Crippen LogP contribution < -0.4 is 21.7 Å². The van der Waals surface area contributed by atoms with Crippen LogP contribution in [0.2, 0.25) is 5.02 Å². The van der Waals surface area contributed by atoms with Crippen molar-refractivity contribution in [3.05, 3.63) is 90.1 Å². The predicted octanol–water partition coefficient (Wildman–Crippen LogP) is 3.20. The average Bonchev–Trinajstić information content (AvgIpc) is 2.80. The smallest absolute Gasteiger partial charge is 0.335 e. The van der Waals surface area contributed by atoms with E-state index in [9.17, 15) is 19.3 Å². The van der Waals surface area contributed by atoms with Gasteiger partial charge < -0.3 is 4.74 Å². The van der Waals surface area contributed by atoms with Gasteiger partial charge in [0.05, 0.1) is 29.8 Å². The largest absolute Gasteiger partial charge is 0.489 e. The molecule has 11 heteroatoms. The van der Waals surface area contributed by atoms with Gasteiger partial charge >= 0.3 is 11.4 Å². The van der Waals surface area contributed by atoms with Crippen LogP contribution in [-0.4, -0.2) is 26.1 Å². The van der Waals surface area contributed by atoms with E-state index < -0.39 is 17.3 Å². The molecule has 1 aliphatic rings. The van der Waals surface area contributed by atoms with Gasteiger partial charge in [-0.05, 0) is 49.9 Å². The summed E-state index contributed by atoms with van der Waals surface area (Å²) in [6.45, 7) is 1.78. The molecule has 35 heavy (non-hydrogen) atoms. The molecule has 0 aliphatic heterocycles. The maximum absolute atomic E-state index is 13.2. The summed E-state index contributed by atoms with van der Waals surface area (Å²) < 4.78 is 8.00. The van der Waals surface area contributed by atoms with Crippen LogP contribution in [0, 0.1) is 11.8 Å². The van der Waals surface area contributed by atoms with Crippen LogP contribution in [0.3, 0.4) is 0 Å². The van der Waals surface area contributed by atoms with Crippen molar-refractivity contribution in [2.24, 2.45) is 10.2 Å². The predicted molar refractivity (Wildman–Crippen MR) is 130 cm³/mol. The molecule has 10 nitrogen and oxygen atoms in total. The Morgan fingerprint density at radius 1 is 1.14 bits per heavy atom. The third-order valence-corrected chi connectivity index (χ3v) is 6.09. The Hall–Kier alpha value is -3.79. The number of carbonyl (C=O) groups excluding carboxylic acids is 1. The van der Waals surface area contributed by atoms with Gasteiger partial charge in [-0.25, -0.2) is 19.1 Å². The van der Waals surface area contributed by atoms with Gasteiger partial charge in [-0.2, -0.15) is 0 Å². The number of nitrogens with zero attached hydrogens (tertiary/aromatic N) is 4. The number of nitrogens with one attached hydrogen (secondary N) is 1. The van der Waals surface area contributed by atoms with E-state index in [4.69, 9.17) is 16.3 Å². The minimum atomic E-state index is -0.950. The first-order valence-electron chi connectivity index (χ1n) is 11.2. The number of carbonyl (C=O) groups is 1. The second kappa shape index (κ2) is 10.6. The number of H-pyrrole nitrogens is 1. The lowest BCUT2D eigenvalue weighted by Gasteiger charge is -2.26. The number of amides is 1. The number of benzene rings is 2. The Morgan fingerprint density at radius 3 is 2.51 bits per heavy atom. The lowest BCUT2D eigenvalue weighted by Crippen LogP contribution is -2.50. The van der Waals surface area contributed by atoms with Crippen molar-refractivity contribution in [1.82, 2.24) is 14.1 Å². The van der Waals surface area contributed by atoms with Gasteiger partial charge in [-0.15, -0.1) is 4.91 Å². The fourth-order valence-corrected chi connectivity index (χ4v) is 3.78. The highest BCUT2D eigenvalue weighted by Gasteiger charge is 2.20. The number of halogens is 1. The summed E-state index contributed by atoms with van der Waals surface area (Å²) >= 11 is 6.38. The minimum absolute atomic E-state index is 0.0143. The average molecular weight is 498 g/mol. The molecule has 182 valence electrons. The van der Waals surface area contributed by atoms with Gasteiger partial charge in [0.15, 0.2) is 0 Å². The Labute approximate surface area is 204 Å². The Kier molecular flexibility index (Phi) is 7.40. The highest BCUT2D eigenvalue weighted by Crippen LogP contribution is 2.32. The van der Waals surface area contributed by atoms with E-state index in [1.54, 1.807) is 18.2 Å². The molecule has 1 amide bonds. The topological polar surface area (TPSA) is 128 Å². The van der Waals surface area contributed by atoms with E-state index in [0.29, 0.717) is 16.5 Å². The SMILES string of the molecule is Cc1ccc(Cn2c(=O)n(CCC(=O)N=O)c(=O)[nH]/c2=N\c2ccc(OC3CCC3)c(Cl)c2)cc1. The molecule has 1 aromatic heterocycles. The zero-order valence-corrected chi connectivity index (χ0v) is 19.8. The molecular formula is C24H24ClN5O5. The van der Waals surface area contributed by atoms with Crippen molar-refractivity contribution in [2.75, 3.05) is 0 Å². The van der Waals surface area contributed by atoms with Crippen molar-refractivity contribution < 1.29 is 9.53 Å². The van der Waals surface area contributed by atoms with Crippen LogP contribution in [0.5, 0.6) is 5.75 Å². The Morgan fingerprint density at radius 2 is 1.89 bits per heavy atom. The number of hydrogen-bond acceptors (Lipinski definition) is 6. The molecule has 4 rings (SSSR count). The third-order valence-electron chi connectivity index (χ3n) is 5.79. The molecule has 0 bridgehead atoms. The quantitative estimate of drug-likeness (QED) is 0.478. The van der Waals surface area contributed by atoms with E-state index in [-0.39, 0.29) is 31.2 Å². The monoisotopic (exact) mass is 497 g/mol. The van der Waals surface area contributed by atoms with Gasteiger partial charge in [-0.3, -0.25) is 14.3 Å². The number of aromatic amines is 1. The molecule has 1 heterocycles. The fraction of sp³-hybridized carbons (Fsp3) is 0.333. The van der Waals surface area contributed by atoms with E-state index in [1.165, 1.54) is 4.57 Å². The second-order valence-electron chi connectivity index (χ2n) is 8.39. The van der Waals surface area contributed by atoms with Crippen LogP contribution in [0.4, 0.5) is 5.69 Å². The van der Waals surface area contributed by atoms with E-state index in [1.807, 2.05) is 31.2 Å². The van der Waals surface area contributed by atoms with Crippen LogP contribution in [0.25, 0.3) is 0 Å². The van der Waals surface area contributed by atoms with Gasteiger partial charge in [-0.1, -0.05) is 41.4 Å². The molecule has 0 atom stereocenters.